The van der Waals surface area contributed by atoms with Gasteiger partial charge in [0.05, 0.1) is 0 Å². The van der Waals surface area contributed by atoms with Gasteiger partial charge in [-0.2, -0.15) is 0 Å². The number of aliphatic hydroxyl groups is 1. The molecule has 0 unspecified atom stereocenters. The average Bonchev–Trinajstić information content (AvgIpc) is 3.58. The summed E-state index contributed by atoms with van der Waals surface area (Å²) in [7, 11) is -2.12. The Balaban J connectivity index is 1.68. The first-order chi connectivity index (χ1) is 17.4. The predicted octanol–water partition coefficient (Wildman–Crippen LogP) is 5.32. The van der Waals surface area contributed by atoms with Crippen molar-refractivity contribution in [3.05, 3.63) is 22.6 Å². The fourth-order valence-corrected chi connectivity index (χ4v) is 28.5. The second-order valence-electron chi connectivity index (χ2n) is 12.5. The molecular weight excluding hydrogens is 758 g/mol. The molecule has 37 heavy (non-hydrogen) atoms. The molecule has 2 aliphatic heterocycles. The maximum absolute atomic E-state index is 11.0. The first kappa shape index (κ1) is 27.5. The van der Waals surface area contributed by atoms with Crippen molar-refractivity contribution in [2.75, 3.05) is 7.11 Å². The number of hydrogen-bond acceptors (Lipinski definition) is 5. The third-order valence-electron chi connectivity index (χ3n) is 8.36. The fourth-order valence-electron chi connectivity index (χ4n) is 6.58. The van der Waals surface area contributed by atoms with E-state index in [0.29, 0.717) is 0 Å². The summed E-state index contributed by atoms with van der Waals surface area (Å²) in [6.45, 7) is 12.6. The molecule has 0 spiro atoms. The summed E-state index contributed by atoms with van der Waals surface area (Å²) in [5, 5.41) is 17.2. The van der Waals surface area contributed by atoms with E-state index in [2.05, 4.69) is 82.7 Å². The van der Waals surface area contributed by atoms with Gasteiger partial charge in [-0.25, -0.2) is 0 Å². The number of thiophene rings is 3. The molecule has 0 aliphatic carbocycles. The van der Waals surface area contributed by atoms with Gasteiger partial charge >= 0.3 is 252 Å². The van der Waals surface area contributed by atoms with Gasteiger partial charge in [-0.1, -0.05) is 0 Å². The molecule has 9 heteroatoms. The fraction of sp³-hybridized carbons (Fsp3) is 0.429. The van der Waals surface area contributed by atoms with Crippen molar-refractivity contribution < 1.29 is 9.84 Å². The van der Waals surface area contributed by atoms with Gasteiger partial charge in [-0.05, 0) is 0 Å². The minimum atomic E-state index is -2.22. The van der Waals surface area contributed by atoms with Crippen LogP contribution in [-0.2, 0) is 11.0 Å². The van der Waals surface area contributed by atoms with Crippen LogP contribution in [0.3, 0.4) is 0 Å². The van der Waals surface area contributed by atoms with E-state index in [1.54, 1.807) is 22.8 Å². The summed E-state index contributed by atoms with van der Waals surface area (Å²) in [5.41, 5.74) is 3.94. The van der Waals surface area contributed by atoms with Crippen LogP contribution in [0.4, 0.5) is 0 Å². The third-order valence-corrected chi connectivity index (χ3v) is 32.9. The summed E-state index contributed by atoms with van der Waals surface area (Å²) in [6.07, 6.45) is 0. The predicted molar refractivity (Wildman–Crippen MR) is 177 cm³/mol. The van der Waals surface area contributed by atoms with Gasteiger partial charge < -0.3 is 0 Å². The van der Waals surface area contributed by atoms with E-state index in [9.17, 15) is 5.11 Å². The molecule has 2 aliphatic rings. The third kappa shape index (κ3) is 3.80. The van der Waals surface area contributed by atoms with Crippen LogP contribution in [-0.4, -0.2) is 67.9 Å². The van der Waals surface area contributed by atoms with Gasteiger partial charge in [0, 0.05) is 0 Å². The van der Waals surface area contributed by atoms with Crippen molar-refractivity contribution in [3.8, 4) is 26.6 Å². The molecule has 5 heterocycles. The number of rotatable bonds is 6. The SMILES string of the molecule is C[CH2][Sn][CH2]c1cc2sc3c(c2s1)[Si](C)(C)c1c(OC)c2c(c(CO)c1-3)[Si](C)(C)c1c[c]([Sn]([CH3])([CH3])[CH3])sc1-2. The van der Waals surface area contributed by atoms with Crippen LogP contribution >= 0.6 is 34.0 Å². The van der Waals surface area contributed by atoms with Crippen molar-refractivity contribution in [2.24, 2.45) is 0 Å². The van der Waals surface area contributed by atoms with Crippen LogP contribution in [0.2, 0.25) is 45.4 Å². The van der Waals surface area contributed by atoms with Crippen LogP contribution in [0.25, 0.3) is 30.3 Å². The Morgan fingerprint density at radius 1 is 0.919 bits per heavy atom. The number of fused-ring (bicyclic) bond motifs is 8. The topological polar surface area (TPSA) is 29.5 Å². The number of hydrogen-bond donors (Lipinski definition) is 1. The quantitative estimate of drug-likeness (QED) is 0.268. The molecular formula is C28H36O2S3Si2Sn2. The molecule has 0 atom stereocenters. The van der Waals surface area contributed by atoms with Crippen molar-refractivity contribution >= 4 is 123 Å². The number of ether oxygens (including phenoxy) is 1. The number of aliphatic hydroxyl groups excluding tert-OH is 1. The molecule has 0 saturated carbocycles. The van der Waals surface area contributed by atoms with Crippen molar-refractivity contribution in [1.82, 2.24) is 0 Å². The van der Waals surface area contributed by atoms with Gasteiger partial charge in [-0.15, -0.1) is 0 Å². The molecule has 4 aromatic rings. The standard InChI is InChI=1S/C23H22O2S3Si2.C2H5.3CH3.2Sn/c1-11-9-13-18(27-11)23-20(28-13)15-12(10-24)21-16(17(25-2)22(15)30(23,5)6)19-14(7-8-26-19)29(21,3)4;1-2;;;;;/h7,9,24H,1,10H2,2-6H3;1H2,2H3;3*1H3;;. The molecule has 6 rings (SSSR count). The Bertz CT molecular complexity index is 1590. The second-order valence-corrected chi connectivity index (χ2v) is 44.2. The summed E-state index contributed by atoms with van der Waals surface area (Å²) in [4.78, 5) is 12.1. The normalized spacial score (nSPS) is 16.7. The van der Waals surface area contributed by atoms with E-state index in [4.69, 9.17) is 4.74 Å². The Hall–Kier alpha value is 0.371. The molecule has 1 N–H and O–H groups in total. The summed E-state index contributed by atoms with van der Waals surface area (Å²) >= 11 is 3.65. The van der Waals surface area contributed by atoms with E-state index in [1.807, 2.05) is 18.4 Å². The Morgan fingerprint density at radius 3 is 2.27 bits per heavy atom. The number of methoxy groups -OCH3 is 1. The van der Waals surface area contributed by atoms with Gasteiger partial charge in [-0.3, -0.25) is 0 Å². The molecule has 0 bridgehead atoms. The molecule has 2 radical (unpaired) electrons. The molecule has 1 aromatic carbocycles. The van der Waals surface area contributed by atoms with E-state index in [-0.39, 0.29) is 27.7 Å². The van der Waals surface area contributed by atoms with Crippen LogP contribution in [0.15, 0.2) is 12.1 Å². The molecule has 2 nitrogen and oxygen atoms in total. The maximum atomic E-state index is 11.0. The zero-order chi connectivity index (χ0) is 26.7. The minimum absolute atomic E-state index is 0.120. The molecule has 3 aromatic heterocycles. The van der Waals surface area contributed by atoms with E-state index in [1.165, 1.54) is 50.4 Å². The van der Waals surface area contributed by atoms with Gasteiger partial charge in [0.15, 0.2) is 0 Å². The van der Waals surface area contributed by atoms with Crippen LogP contribution in [0.5, 0.6) is 5.75 Å². The van der Waals surface area contributed by atoms with Crippen LogP contribution in [0, 0.1) is 0 Å². The molecule has 0 saturated heterocycles. The van der Waals surface area contributed by atoms with E-state index >= 15 is 0 Å². The second kappa shape index (κ2) is 9.19. The van der Waals surface area contributed by atoms with E-state index in [0.717, 1.165) is 5.75 Å². The van der Waals surface area contributed by atoms with Crippen LogP contribution < -0.4 is 28.4 Å². The summed E-state index contributed by atoms with van der Waals surface area (Å²) in [5.74, 6) is 1.14. The van der Waals surface area contributed by atoms with Crippen molar-refractivity contribution in [2.45, 2.75) is 63.4 Å². The Labute approximate surface area is 249 Å². The molecule has 194 valence electrons. The summed E-state index contributed by atoms with van der Waals surface area (Å²) < 4.78 is 13.9. The summed E-state index contributed by atoms with van der Waals surface area (Å²) in [6, 6.07) is 5.09. The van der Waals surface area contributed by atoms with E-state index < -0.39 is 34.5 Å². The van der Waals surface area contributed by atoms with Gasteiger partial charge in [0.2, 0.25) is 0 Å². The number of benzene rings is 1. The van der Waals surface area contributed by atoms with Crippen molar-refractivity contribution in [1.29, 1.82) is 0 Å². The van der Waals surface area contributed by atoms with Gasteiger partial charge in [0.25, 0.3) is 0 Å². The van der Waals surface area contributed by atoms with Crippen LogP contribution in [0.1, 0.15) is 17.4 Å². The molecule has 0 amide bonds. The first-order valence-electron chi connectivity index (χ1n) is 13.2. The zero-order valence-corrected chi connectivity index (χ0v) is 33.5. The monoisotopic (exact) mass is 796 g/mol. The molecule has 0 fully saturated rings. The van der Waals surface area contributed by atoms with Gasteiger partial charge in [0.1, 0.15) is 0 Å². The zero-order valence-electron chi connectivity index (χ0n) is 23.4. The Morgan fingerprint density at radius 2 is 1.65 bits per heavy atom. The van der Waals surface area contributed by atoms with Crippen molar-refractivity contribution in [3.63, 3.8) is 0 Å². The first-order valence-corrected chi connectivity index (χ1v) is 35.7. The average molecular weight is 794 g/mol. The Kier molecular flexibility index (Phi) is 6.84.